The summed E-state index contributed by atoms with van der Waals surface area (Å²) in [6, 6.07) is 7.78. The molecule has 0 aliphatic carbocycles. The fourth-order valence-electron chi connectivity index (χ4n) is 3.57. The molecular formula is C22H31N5O2. The van der Waals surface area contributed by atoms with Crippen molar-refractivity contribution in [1.82, 2.24) is 14.8 Å². The molecular weight excluding hydrogens is 366 g/mol. The van der Waals surface area contributed by atoms with Gasteiger partial charge in [0, 0.05) is 25.5 Å². The van der Waals surface area contributed by atoms with Gasteiger partial charge in [-0.15, -0.1) is 0 Å². The van der Waals surface area contributed by atoms with E-state index >= 15 is 0 Å². The Bertz CT molecular complexity index is 854. The van der Waals surface area contributed by atoms with Crippen molar-refractivity contribution in [2.45, 2.75) is 52.0 Å². The van der Waals surface area contributed by atoms with Crippen LogP contribution in [-0.2, 0) is 9.53 Å². The number of carbonyl (C=O) groups is 1. The molecule has 7 nitrogen and oxygen atoms in total. The van der Waals surface area contributed by atoms with E-state index in [-0.39, 0.29) is 12.0 Å². The Hall–Kier alpha value is -2.83. The van der Waals surface area contributed by atoms with Gasteiger partial charge in [-0.3, -0.25) is 0 Å². The van der Waals surface area contributed by atoms with Gasteiger partial charge in [0.05, 0.1) is 12.2 Å². The summed E-state index contributed by atoms with van der Waals surface area (Å²) >= 11 is 0. The summed E-state index contributed by atoms with van der Waals surface area (Å²) < 4.78 is 7.38. The number of carbonyl (C=O) groups excluding carboxylic acids is 1. The van der Waals surface area contributed by atoms with Gasteiger partial charge in [-0.25, -0.2) is 9.48 Å². The molecule has 0 bridgehead atoms. The number of fused-ring (bicyclic) bond motifs is 1. The molecule has 29 heavy (non-hydrogen) atoms. The van der Waals surface area contributed by atoms with Crippen molar-refractivity contribution in [2.24, 2.45) is 0 Å². The van der Waals surface area contributed by atoms with Gasteiger partial charge in [0.2, 0.25) is 5.95 Å². The number of hydrogen-bond donors (Lipinski definition) is 1. The maximum atomic E-state index is 13.0. The lowest BCUT2D eigenvalue weighted by atomic mass is 9.95. The summed E-state index contributed by atoms with van der Waals surface area (Å²) in [6.45, 7) is 4.52. The number of aromatic nitrogens is 3. The number of nitrogens with zero attached hydrogens (tertiary/aromatic N) is 4. The molecule has 2 heterocycles. The minimum Gasteiger partial charge on any atom is -0.462 e. The van der Waals surface area contributed by atoms with Crippen LogP contribution in [-0.4, -0.2) is 41.4 Å². The average Bonchev–Trinajstić information content (AvgIpc) is 3.17. The third kappa shape index (κ3) is 4.78. The Kier molecular flexibility index (Phi) is 6.90. The highest BCUT2D eigenvalue weighted by Crippen LogP contribution is 2.35. The van der Waals surface area contributed by atoms with E-state index in [2.05, 4.69) is 22.3 Å². The smallest absolute Gasteiger partial charge is 0.338 e. The summed E-state index contributed by atoms with van der Waals surface area (Å²) in [5.74, 6) is 0.327. The zero-order valence-electron chi connectivity index (χ0n) is 17.8. The summed E-state index contributed by atoms with van der Waals surface area (Å²) in [4.78, 5) is 19.3. The number of esters is 1. The fraction of sp³-hybridized carbons (Fsp3) is 0.500. The van der Waals surface area contributed by atoms with Crippen molar-refractivity contribution in [3.05, 3.63) is 47.4 Å². The molecule has 3 rings (SSSR count). The molecule has 0 spiro atoms. The van der Waals surface area contributed by atoms with E-state index in [0.29, 0.717) is 18.1 Å². The van der Waals surface area contributed by atoms with E-state index < -0.39 is 0 Å². The minimum absolute atomic E-state index is 0.298. The van der Waals surface area contributed by atoms with Crippen molar-refractivity contribution in [3.8, 4) is 0 Å². The molecule has 0 radical (unpaired) electrons. The highest BCUT2D eigenvalue weighted by Gasteiger charge is 2.34. The molecule has 1 atom stereocenters. The third-order valence-corrected chi connectivity index (χ3v) is 5.22. The molecule has 1 aliphatic heterocycles. The van der Waals surface area contributed by atoms with Crippen molar-refractivity contribution >= 4 is 17.6 Å². The van der Waals surface area contributed by atoms with Gasteiger partial charge in [-0.05, 0) is 31.0 Å². The Labute approximate surface area is 172 Å². The van der Waals surface area contributed by atoms with Gasteiger partial charge < -0.3 is 15.0 Å². The molecule has 0 amide bonds. The lowest BCUT2D eigenvalue weighted by Crippen LogP contribution is -2.29. The van der Waals surface area contributed by atoms with Crippen LogP contribution >= 0.6 is 0 Å². The van der Waals surface area contributed by atoms with Gasteiger partial charge in [0.1, 0.15) is 12.4 Å². The first-order chi connectivity index (χ1) is 14.0. The Balaban J connectivity index is 1.80. The van der Waals surface area contributed by atoms with Gasteiger partial charge in [-0.1, -0.05) is 44.7 Å². The Morgan fingerprint density at radius 2 is 1.90 bits per heavy atom. The van der Waals surface area contributed by atoms with Crippen LogP contribution in [0.15, 0.2) is 41.9 Å². The van der Waals surface area contributed by atoms with Crippen molar-refractivity contribution in [2.75, 3.05) is 30.9 Å². The quantitative estimate of drug-likeness (QED) is 0.506. The van der Waals surface area contributed by atoms with E-state index in [1.54, 1.807) is 4.68 Å². The lowest BCUT2D eigenvalue weighted by Gasteiger charge is -2.28. The van der Waals surface area contributed by atoms with Gasteiger partial charge in [0.15, 0.2) is 0 Å². The van der Waals surface area contributed by atoms with E-state index in [0.717, 1.165) is 29.8 Å². The number of rotatable bonds is 9. The maximum absolute atomic E-state index is 13.0. The number of nitrogens with one attached hydrogen (secondary N) is 1. The van der Waals surface area contributed by atoms with Crippen molar-refractivity contribution in [3.63, 3.8) is 0 Å². The van der Waals surface area contributed by atoms with Crippen LogP contribution in [0.4, 0.5) is 11.6 Å². The van der Waals surface area contributed by atoms with Crippen LogP contribution in [0.25, 0.3) is 0 Å². The normalized spacial score (nSPS) is 15.7. The molecule has 2 aromatic rings. The largest absolute Gasteiger partial charge is 0.462 e. The molecule has 0 saturated carbocycles. The molecule has 1 unspecified atom stereocenters. The zero-order valence-corrected chi connectivity index (χ0v) is 17.8. The summed E-state index contributed by atoms with van der Waals surface area (Å²) in [5, 5.41) is 7.54. The second kappa shape index (κ2) is 9.58. The fourth-order valence-corrected chi connectivity index (χ4v) is 3.57. The average molecular weight is 398 g/mol. The third-order valence-electron chi connectivity index (χ3n) is 5.22. The van der Waals surface area contributed by atoms with Crippen molar-refractivity contribution < 1.29 is 9.53 Å². The van der Waals surface area contributed by atoms with E-state index in [4.69, 9.17) is 4.74 Å². The van der Waals surface area contributed by atoms with Crippen LogP contribution in [0.3, 0.4) is 0 Å². The predicted octanol–water partition coefficient (Wildman–Crippen LogP) is 4.15. The Morgan fingerprint density at radius 3 is 2.59 bits per heavy atom. The molecule has 1 N–H and O–H groups in total. The predicted molar refractivity (Wildman–Crippen MR) is 115 cm³/mol. The zero-order chi connectivity index (χ0) is 20.8. The molecule has 1 aliphatic rings. The summed E-state index contributed by atoms with van der Waals surface area (Å²) in [5.41, 5.74) is 3.40. The first-order valence-corrected chi connectivity index (χ1v) is 10.3. The molecule has 156 valence electrons. The van der Waals surface area contributed by atoms with Crippen LogP contribution < -0.4 is 10.2 Å². The van der Waals surface area contributed by atoms with Crippen LogP contribution in [0.1, 0.15) is 57.6 Å². The molecule has 1 aromatic heterocycles. The van der Waals surface area contributed by atoms with Crippen molar-refractivity contribution in [1.29, 1.82) is 0 Å². The molecule has 7 heteroatoms. The second-order valence-electron chi connectivity index (χ2n) is 7.63. The van der Waals surface area contributed by atoms with Crippen LogP contribution in [0, 0.1) is 0 Å². The minimum atomic E-state index is -0.363. The SMILES string of the molecule is CCCCCCCOC(=O)C1=C(C)Nc2ncnn2C1c1ccc(N(C)C)cc1. The summed E-state index contributed by atoms with van der Waals surface area (Å²) in [6.07, 6.45) is 7.08. The first-order valence-electron chi connectivity index (χ1n) is 10.3. The highest BCUT2D eigenvalue weighted by atomic mass is 16.5. The van der Waals surface area contributed by atoms with Crippen LogP contribution in [0.5, 0.6) is 0 Å². The standard InChI is InChI=1S/C22H31N5O2/c1-5-6-7-8-9-14-29-21(28)19-16(2)25-22-23-15-24-27(22)20(19)17-10-12-18(13-11-17)26(3)4/h10-13,15,20H,5-9,14H2,1-4H3,(H,23,24,25). The van der Waals surface area contributed by atoms with E-state index in [1.807, 2.05) is 50.2 Å². The number of unbranched alkanes of at least 4 members (excludes halogenated alkanes) is 4. The molecule has 0 saturated heterocycles. The first kappa shape index (κ1) is 20.9. The van der Waals surface area contributed by atoms with Gasteiger partial charge in [0.25, 0.3) is 0 Å². The lowest BCUT2D eigenvalue weighted by molar-refractivity contribution is -0.139. The monoisotopic (exact) mass is 397 g/mol. The Morgan fingerprint density at radius 1 is 1.17 bits per heavy atom. The second-order valence-corrected chi connectivity index (χ2v) is 7.63. The number of allylic oxidation sites excluding steroid dienone is 1. The number of benzene rings is 1. The topological polar surface area (TPSA) is 72.3 Å². The summed E-state index contributed by atoms with van der Waals surface area (Å²) in [7, 11) is 4.00. The molecule has 1 aromatic carbocycles. The number of anilines is 2. The molecule has 0 fully saturated rings. The van der Waals surface area contributed by atoms with Crippen LogP contribution in [0.2, 0.25) is 0 Å². The maximum Gasteiger partial charge on any atom is 0.338 e. The van der Waals surface area contributed by atoms with Gasteiger partial charge in [-0.2, -0.15) is 10.1 Å². The highest BCUT2D eigenvalue weighted by molar-refractivity contribution is 5.92. The van der Waals surface area contributed by atoms with Gasteiger partial charge >= 0.3 is 5.97 Å². The number of ether oxygens (including phenoxy) is 1. The van der Waals surface area contributed by atoms with E-state index in [9.17, 15) is 4.79 Å². The number of hydrogen-bond acceptors (Lipinski definition) is 6. The van der Waals surface area contributed by atoms with E-state index in [1.165, 1.54) is 25.6 Å².